The van der Waals surface area contributed by atoms with Crippen LogP contribution >= 0.6 is 68.0 Å². The summed E-state index contributed by atoms with van der Waals surface area (Å²) in [5, 5.41) is 44.1. The molecule has 24 nitrogen and oxygen atoms in total. The van der Waals surface area contributed by atoms with Crippen molar-refractivity contribution in [2.45, 2.75) is 152 Å². The van der Waals surface area contributed by atoms with E-state index < -0.39 is 5.82 Å². The first kappa shape index (κ1) is 63.3. The Morgan fingerprint density at radius 3 is 1.63 bits per heavy atom. The Morgan fingerprint density at radius 2 is 1.14 bits per heavy atom. The molecule has 12 aromatic heterocycles. The number of hydrogen-bond donors (Lipinski definition) is 6. The van der Waals surface area contributed by atoms with Crippen molar-refractivity contribution in [1.82, 2.24) is 90.1 Å². The molecule has 494 valence electrons. The number of H-pyrrole nitrogens is 2. The van der Waals surface area contributed by atoms with Crippen molar-refractivity contribution in [3.63, 3.8) is 0 Å². The van der Waals surface area contributed by atoms with Crippen LogP contribution in [-0.4, -0.2) is 152 Å². The van der Waals surface area contributed by atoms with Crippen LogP contribution in [0.1, 0.15) is 106 Å². The number of fused-ring (bicyclic) bond motifs is 7. The topological polar surface area (TPSA) is 275 Å². The van der Waals surface area contributed by atoms with Gasteiger partial charge in [0.25, 0.3) is 11.1 Å². The smallest absolute Gasteiger partial charge is 0.259 e. The number of pyridine rings is 3. The van der Waals surface area contributed by atoms with Gasteiger partial charge in [-0.3, -0.25) is 28.9 Å². The van der Waals surface area contributed by atoms with Crippen molar-refractivity contribution < 1.29 is 9.50 Å². The number of anilines is 3. The molecule has 7 atom stereocenters. The molecule has 17 heterocycles. The summed E-state index contributed by atoms with van der Waals surface area (Å²) in [6.07, 6.45) is 24.9. The highest BCUT2D eigenvalue weighted by molar-refractivity contribution is 7.30. The lowest BCUT2D eigenvalue weighted by atomic mass is 9.84. The van der Waals surface area contributed by atoms with Crippen LogP contribution in [0.25, 0.3) is 77.9 Å². The molecular weight excluding hydrogens is 1320 g/mol. The zero-order valence-electron chi connectivity index (χ0n) is 53.8. The monoisotopic (exact) mass is 1390 g/mol. The molecule has 5 saturated heterocycles. The minimum atomic E-state index is -0.452. The number of piperidine rings is 2. The van der Waals surface area contributed by atoms with Gasteiger partial charge < -0.3 is 35.8 Å². The highest BCUT2D eigenvalue weighted by atomic mass is 32.1. The Bertz CT molecular complexity index is 4790. The van der Waals surface area contributed by atoms with Crippen molar-refractivity contribution in [3.8, 4) is 54.7 Å². The quantitative estimate of drug-likeness (QED) is 0.0663. The molecule has 5 aliphatic heterocycles. The Kier molecular flexibility index (Phi) is 16.1. The van der Waals surface area contributed by atoms with E-state index in [-0.39, 0.29) is 44.6 Å². The fourth-order valence-electron chi connectivity index (χ4n) is 14.4. The summed E-state index contributed by atoms with van der Waals surface area (Å²) in [7, 11) is 4.29. The number of rotatable bonds is 12. The first-order valence-electron chi connectivity index (χ1n) is 31.6. The van der Waals surface area contributed by atoms with Gasteiger partial charge in [0.1, 0.15) is 16.5 Å². The van der Waals surface area contributed by atoms with Crippen LogP contribution in [-0.2, 0) is 0 Å². The molecule has 5 aliphatic rings. The predicted octanol–water partition coefficient (Wildman–Crippen LogP) is 11.4. The van der Waals surface area contributed by atoms with Crippen LogP contribution in [0.15, 0.2) is 95.7 Å². The van der Waals surface area contributed by atoms with E-state index in [2.05, 4.69) is 129 Å². The Labute approximate surface area is 569 Å². The largest absolute Gasteiger partial charge is 0.506 e. The van der Waals surface area contributed by atoms with Crippen LogP contribution in [0.2, 0.25) is 0 Å². The molecule has 0 radical (unpaired) electrons. The number of aromatic amines is 2. The van der Waals surface area contributed by atoms with E-state index in [0.29, 0.717) is 44.8 Å². The highest BCUT2D eigenvalue weighted by Gasteiger charge is 2.51. The first-order valence-corrected chi connectivity index (χ1v) is 36.5. The third kappa shape index (κ3) is 12.9. The van der Waals surface area contributed by atoms with Gasteiger partial charge in [-0.05, 0) is 130 Å². The first-order chi connectivity index (χ1) is 45.4. The predicted molar refractivity (Wildman–Crippen MR) is 379 cm³/mol. The van der Waals surface area contributed by atoms with Crippen molar-refractivity contribution in [1.29, 1.82) is 0 Å². The summed E-state index contributed by atoms with van der Waals surface area (Å²) in [4.78, 5) is 70.7. The molecule has 0 aliphatic carbocycles. The Balaban J connectivity index is 0.000000117. The summed E-state index contributed by atoms with van der Waals surface area (Å²) < 4.78 is 17.6. The van der Waals surface area contributed by atoms with E-state index in [0.717, 1.165) is 118 Å². The van der Waals surface area contributed by atoms with Crippen molar-refractivity contribution in [3.05, 3.63) is 113 Å². The number of aromatic hydroxyl groups is 1. The molecular formula is C64H72FN21O3S6. The van der Waals surface area contributed by atoms with Gasteiger partial charge in [0.2, 0.25) is 0 Å². The molecule has 12 aromatic rings. The van der Waals surface area contributed by atoms with Gasteiger partial charge in [-0.15, -0.1) is 0 Å². The normalized spacial score (nSPS) is 24.0. The van der Waals surface area contributed by atoms with E-state index in [1.807, 2.05) is 6.07 Å². The van der Waals surface area contributed by atoms with Crippen LogP contribution in [0.4, 0.5) is 19.8 Å². The maximum Gasteiger partial charge on any atom is 0.259 e. The van der Waals surface area contributed by atoms with E-state index in [9.17, 15) is 19.1 Å². The maximum absolute atomic E-state index is 13.2. The summed E-state index contributed by atoms with van der Waals surface area (Å²) in [6.45, 7) is 17.9. The lowest BCUT2D eigenvalue weighted by molar-refractivity contribution is 0.207. The molecule has 5 fully saturated rings. The third-order valence-corrected chi connectivity index (χ3v) is 25.2. The summed E-state index contributed by atoms with van der Waals surface area (Å²) in [6, 6.07) is 9.71. The van der Waals surface area contributed by atoms with Gasteiger partial charge in [0.15, 0.2) is 60.5 Å². The number of nitrogens with zero attached hydrogens (tertiary/aromatic N) is 16. The number of thiazole rings is 6. The summed E-state index contributed by atoms with van der Waals surface area (Å²) in [5.74, 6) is -0.350. The minimum absolute atomic E-state index is 0.103. The second-order valence-electron chi connectivity index (χ2n) is 27.9. The molecule has 0 spiro atoms. The average Bonchev–Trinajstić information content (AvgIpc) is 1.63. The van der Waals surface area contributed by atoms with E-state index in [4.69, 9.17) is 24.9 Å². The summed E-state index contributed by atoms with van der Waals surface area (Å²) in [5.41, 5.74) is 4.95. The number of halogens is 1. The SMILES string of the molecule is CC(C)(C)NC1CCN(c2nc3sc(-c4ncc(-c5cn[nH]c5)cc4O)nc3s2)C1.CN(c1nc2sc(-n3ccc(-c4cn[nH]c4)cc3=O)nc2s1)C1C[C@]2(C)CC[C@](C)(C1)N2.CN(c1nc2sc(-n3ccc(-n4cc(F)cn4)cc3=O)nc2s1)C1C[C@]2(C)CC[C@](C)(C1)N2. The van der Waals surface area contributed by atoms with E-state index >= 15 is 0 Å². The van der Waals surface area contributed by atoms with Crippen LogP contribution in [0, 0.1) is 5.82 Å². The van der Waals surface area contributed by atoms with Gasteiger partial charge in [0.05, 0.1) is 30.5 Å². The van der Waals surface area contributed by atoms with Crippen LogP contribution in [0.5, 0.6) is 5.75 Å². The molecule has 0 aromatic carbocycles. The molecule has 0 saturated carbocycles. The van der Waals surface area contributed by atoms with Gasteiger partial charge in [-0.1, -0.05) is 68.0 Å². The molecule has 95 heavy (non-hydrogen) atoms. The maximum atomic E-state index is 13.2. The lowest BCUT2D eigenvalue weighted by Gasteiger charge is -2.45. The van der Waals surface area contributed by atoms with Crippen LogP contribution in [0.3, 0.4) is 0 Å². The van der Waals surface area contributed by atoms with Crippen molar-refractivity contribution >= 4 is 112 Å². The van der Waals surface area contributed by atoms with E-state index in [1.165, 1.54) is 81.2 Å². The Morgan fingerprint density at radius 1 is 0.621 bits per heavy atom. The number of nitrogens with one attached hydrogen (secondary N) is 5. The fraction of sp³-hybridized carbons (Fsp3) is 0.438. The second kappa shape index (κ2) is 24.1. The van der Waals surface area contributed by atoms with Crippen LogP contribution < -0.4 is 41.8 Å². The highest BCUT2D eigenvalue weighted by Crippen LogP contribution is 2.47. The average molecular weight is 1390 g/mol. The molecule has 3 unspecified atom stereocenters. The Hall–Kier alpha value is -7.75. The third-order valence-electron chi connectivity index (χ3n) is 18.9. The molecule has 0 amide bonds. The molecule has 4 bridgehead atoms. The van der Waals surface area contributed by atoms with Gasteiger partial charge >= 0.3 is 0 Å². The van der Waals surface area contributed by atoms with Gasteiger partial charge in [-0.25, -0.2) is 44.0 Å². The van der Waals surface area contributed by atoms with Crippen molar-refractivity contribution in [2.24, 2.45) is 0 Å². The minimum Gasteiger partial charge on any atom is -0.506 e. The standard InChI is InChI=1S/C22H24FN7OS2.C22H25N7OS2.C20H23N7OS2/c1-21-5-6-22(2,27-21)10-15(9-21)28(3)19-25-17-18(32-19)26-20(33-17)29-7-4-14(8-16(29)31)30-12-13(23)11-24-30;1-21-5-6-22(2,27-21)10-15(9-21)28(3)19-25-17-18(31-19)26-20(32-17)29-7-4-13(8-16(29)30)14-11-23-24-12-14;1-20(2,3)26-13-4-5-27(10-13)19-25-18-17(30-19)24-16(29-18)15-14(28)6-11(7-21-15)12-8-22-23-9-12/h4,7-8,11-12,15,27H,5-6,9-10H2,1-3H3;4,7-8,11-12,15,27H,5-6,9-10H2,1-3H3,(H,23,24);6-9,13,26,28H,4-5,10H2,1-3H3,(H,22,23)/t2*15?,21-,22+;. The summed E-state index contributed by atoms with van der Waals surface area (Å²) >= 11 is 9.09. The van der Waals surface area contributed by atoms with Crippen molar-refractivity contribution in [2.75, 3.05) is 41.9 Å². The van der Waals surface area contributed by atoms with E-state index in [1.54, 1.807) is 100 Å². The zero-order chi connectivity index (χ0) is 65.9. The fourth-order valence-corrected chi connectivity index (χ4v) is 20.6. The molecule has 6 N–H and O–H groups in total. The van der Waals surface area contributed by atoms with Gasteiger partial charge in [-0.2, -0.15) is 15.3 Å². The second-order valence-corrected chi connectivity index (χ2v) is 33.6. The number of aromatic nitrogens is 15. The molecule has 31 heteroatoms. The zero-order valence-corrected chi connectivity index (χ0v) is 58.7. The van der Waals surface area contributed by atoms with Gasteiger partial charge in [0, 0.05) is 133 Å². The molecule has 17 rings (SSSR count). The lowest BCUT2D eigenvalue weighted by Crippen LogP contribution is -2.58. The number of hydrogen-bond acceptors (Lipinski definition) is 25.